The van der Waals surface area contributed by atoms with Crippen LogP contribution in [0.2, 0.25) is 0 Å². The van der Waals surface area contributed by atoms with Crippen molar-refractivity contribution in [1.29, 1.82) is 0 Å². The Morgan fingerprint density at radius 2 is 2.26 bits per heavy atom. The lowest BCUT2D eigenvalue weighted by molar-refractivity contribution is 0.162. The van der Waals surface area contributed by atoms with Crippen molar-refractivity contribution in [2.24, 2.45) is 0 Å². The predicted molar refractivity (Wildman–Crippen MR) is 79.3 cm³/mol. The van der Waals surface area contributed by atoms with Gasteiger partial charge in [-0.05, 0) is 45.3 Å². The van der Waals surface area contributed by atoms with Crippen molar-refractivity contribution in [3.8, 4) is 0 Å². The highest BCUT2D eigenvalue weighted by Crippen LogP contribution is 2.15. The zero-order valence-electron chi connectivity index (χ0n) is 12.7. The molecule has 1 unspecified atom stereocenters. The van der Waals surface area contributed by atoms with Crippen LogP contribution in [-0.4, -0.2) is 40.4 Å². The van der Waals surface area contributed by atoms with Gasteiger partial charge in [0.05, 0.1) is 11.4 Å². The van der Waals surface area contributed by atoms with Crippen molar-refractivity contribution in [2.75, 3.05) is 19.6 Å². The van der Waals surface area contributed by atoms with Gasteiger partial charge in [-0.15, -0.1) is 0 Å². The lowest BCUT2D eigenvalue weighted by atomic mass is 10.1. The first kappa shape index (κ1) is 14.5. The summed E-state index contributed by atoms with van der Waals surface area (Å²) < 4.78 is 2.16. The molecule has 4 heteroatoms. The minimum atomic E-state index is 0.684. The highest BCUT2D eigenvalue weighted by Gasteiger charge is 2.21. The topological polar surface area (TPSA) is 33.1 Å². The Labute approximate surface area is 117 Å². The van der Waals surface area contributed by atoms with Gasteiger partial charge < -0.3 is 5.32 Å². The second-order valence-electron chi connectivity index (χ2n) is 5.36. The summed E-state index contributed by atoms with van der Waals surface area (Å²) in [6, 6.07) is 2.96. The highest BCUT2D eigenvalue weighted by molar-refractivity contribution is 5.10. The van der Waals surface area contributed by atoms with Crippen molar-refractivity contribution in [1.82, 2.24) is 20.0 Å². The molecule has 0 aliphatic carbocycles. The zero-order valence-corrected chi connectivity index (χ0v) is 12.7. The van der Waals surface area contributed by atoms with Gasteiger partial charge >= 0.3 is 0 Å². The molecule has 0 radical (unpaired) electrons. The van der Waals surface area contributed by atoms with Crippen LogP contribution in [-0.2, 0) is 19.5 Å². The minimum absolute atomic E-state index is 0.684. The number of aromatic nitrogens is 2. The van der Waals surface area contributed by atoms with E-state index in [0.29, 0.717) is 6.04 Å². The molecule has 2 rings (SSSR count). The average molecular weight is 264 g/mol. The summed E-state index contributed by atoms with van der Waals surface area (Å²) in [6.07, 6.45) is 3.65. The zero-order chi connectivity index (χ0) is 13.7. The lowest BCUT2D eigenvalue weighted by Gasteiger charge is -2.33. The molecule has 1 fully saturated rings. The minimum Gasteiger partial charge on any atom is -0.315 e. The van der Waals surface area contributed by atoms with Crippen molar-refractivity contribution in [2.45, 2.75) is 59.2 Å². The maximum absolute atomic E-state index is 4.65. The summed E-state index contributed by atoms with van der Waals surface area (Å²) >= 11 is 0. The second-order valence-corrected chi connectivity index (χ2v) is 5.36. The molecule has 0 bridgehead atoms. The molecule has 0 saturated carbocycles. The van der Waals surface area contributed by atoms with E-state index in [4.69, 9.17) is 0 Å². The van der Waals surface area contributed by atoms with Crippen LogP contribution in [0.15, 0.2) is 6.07 Å². The molecule has 1 aliphatic rings. The highest BCUT2D eigenvalue weighted by atomic mass is 15.3. The molecule has 1 N–H and O–H groups in total. The van der Waals surface area contributed by atoms with Crippen LogP contribution in [0.3, 0.4) is 0 Å². The number of rotatable bonds is 6. The molecule has 0 aromatic carbocycles. The fourth-order valence-electron chi connectivity index (χ4n) is 2.94. The van der Waals surface area contributed by atoms with Gasteiger partial charge in [0, 0.05) is 25.7 Å². The Bertz CT molecular complexity index is 379. The van der Waals surface area contributed by atoms with E-state index in [9.17, 15) is 0 Å². The normalized spacial score (nSPS) is 20.1. The number of nitrogens with one attached hydrogen (secondary N) is 1. The van der Waals surface area contributed by atoms with Crippen LogP contribution >= 0.6 is 0 Å². The number of piperidine rings is 1. The van der Waals surface area contributed by atoms with Gasteiger partial charge in [0.2, 0.25) is 0 Å². The van der Waals surface area contributed by atoms with Crippen molar-refractivity contribution >= 4 is 0 Å². The van der Waals surface area contributed by atoms with Gasteiger partial charge in [-0.1, -0.05) is 13.8 Å². The molecule has 1 atom stereocenters. The van der Waals surface area contributed by atoms with Gasteiger partial charge in [-0.2, -0.15) is 5.10 Å². The molecule has 1 aromatic heterocycles. The summed E-state index contributed by atoms with van der Waals surface area (Å²) in [5, 5.41) is 8.17. The first-order valence-electron chi connectivity index (χ1n) is 7.78. The lowest BCUT2D eigenvalue weighted by Crippen LogP contribution is -2.45. The number of hydrogen-bond acceptors (Lipinski definition) is 3. The van der Waals surface area contributed by atoms with E-state index in [-0.39, 0.29) is 0 Å². The Hall–Kier alpha value is -0.870. The van der Waals surface area contributed by atoms with E-state index >= 15 is 0 Å². The molecule has 0 spiro atoms. The van der Waals surface area contributed by atoms with Gasteiger partial charge in [-0.3, -0.25) is 9.58 Å². The van der Waals surface area contributed by atoms with Gasteiger partial charge in [0.15, 0.2) is 0 Å². The average Bonchev–Trinajstić information content (AvgIpc) is 2.87. The van der Waals surface area contributed by atoms with Gasteiger partial charge in [0.25, 0.3) is 0 Å². The number of hydrogen-bond donors (Lipinski definition) is 1. The summed E-state index contributed by atoms with van der Waals surface area (Å²) in [4.78, 5) is 2.59. The largest absolute Gasteiger partial charge is 0.315 e. The second kappa shape index (κ2) is 7.06. The van der Waals surface area contributed by atoms with Crippen molar-refractivity contribution < 1.29 is 0 Å². The van der Waals surface area contributed by atoms with Crippen molar-refractivity contribution in [3.63, 3.8) is 0 Å². The number of nitrogens with zero attached hydrogens (tertiary/aromatic N) is 3. The summed E-state index contributed by atoms with van der Waals surface area (Å²) in [5.74, 6) is 0. The van der Waals surface area contributed by atoms with Crippen LogP contribution in [0.4, 0.5) is 0 Å². The number of likely N-dealkylation sites (N-methyl/N-ethyl adjacent to an activating group) is 1. The van der Waals surface area contributed by atoms with E-state index in [2.05, 4.69) is 46.8 Å². The van der Waals surface area contributed by atoms with Crippen molar-refractivity contribution in [3.05, 3.63) is 17.5 Å². The van der Waals surface area contributed by atoms with Crippen LogP contribution in [0.5, 0.6) is 0 Å². The fraction of sp³-hybridized carbons (Fsp3) is 0.800. The Morgan fingerprint density at radius 1 is 1.42 bits per heavy atom. The van der Waals surface area contributed by atoms with Crippen LogP contribution in [0.1, 0.15) is 45.0 Å². The monoisotopic (exact) mass is 264 g/mol. The maximum Gasteiger partial charge on any atom is 0.0625 e. The quantitative estimate of drug-likeness (QED) is 0.853. The first-order chi connectivity index (χ1) is 9.28. The standard InChI is InChI=1S/C15H28N4/c1-4-13-10-15(19(6-3)17-13)12-18(5-2)14-8-7-9-16-11-14/h10,14,16H,4-9,11-12H2,1-3H3. The van der Waals surface area contributed by atoms with Gasteiger partial charge in [-0.25, -0.2) is 0 Å². The molecule has 0 amide bonds. The van der Waals surface area contributed by atoms with E-state index in [1.807, 2.05) is 0 Å². The van der Waals surface area contributed by atoms with E-state index in [1.54, 1.807) is 0 Å². The molecular formula is C15H28N4. The molecule has 1 aliphatic heterocycles. The first-order valence-corrected chi connectivity index (χ1v) is 7.78. The van der Waals surface area contributed by atoms with E-state index < -0.39 is 0 Å². The third-order valence-electron chi connectivity index (χ3n) is 4.13. The van der Waals surface area contributed by atoms with Crippen LogP contribution < -0.4 is 5.32 Å². The Balaban J connectivity index is 2.06. The Kier molecular flexibility index (Phi) is 5.40. The molecule has 108 valence electrons. The maximum atomic E-state index is 4.65. The van der Waals surface area contributed by atoms with E-state index in [1.165, 1.54) is 30.8 Å². The smallest absolute Gasteiger partial charge is 0.0625 e. The molecule has 2 heterocycles. The summed E-state index contributed by atoms with van der Waals surface area (Å²) in [5.41, 5.74) is 2.58. The summed E-state index contributed by atoms with van der Waals surface area (Å²) in [7, 11) is 0. The molecule has 4 nitrogen and oxygen atoms in total. The molecule has 19 heavy (non-hydrogen) atoms. The number of aryl methyl sites for hydroxylation is 2. The molecule has 1 aromatic rings. The summed E-state index contributed by atoms with van der Waals surface area (Å²) in [6.45, 7) is 12.0. The van der Waals surface area contributed by atoms with Crippen LogP contribution in [0, 0.1) is 0 Å². The predicted octanol–water partition coefficient (Wildman–Crippen LogP) is 2.04. The fourth-order valence-corrected chi connectivity index (χ4v) is 2.94. The van der Waals surface area contributed by atoms with Crippen LogP contribution in [0.25, 0.3) is 0 Å². The van der Waals surface area contributed by atoms with E-state index in [0.717, 1.165) is 32.6 Å². The SMILES string of the molecule is CCc1cc(CN(CC)C2CCCNC2)n(CC)n1. The molecular weight excluding hydrogens is 236 g/mol. The Morgan fingerprint density at radius 3 is 2.84 bits per heavy atom. The third-order valence-corrected chi connectivity index (χ3v) is 4.13. The third kappa shape index (κ3) is 3.57. The van der Waals surface area contributed by atoms with Gasteiger partial charge in [0.1, 0.15) is 0 Å². The molecule has 1 saturated heterocycles.